The molecule has 0 unspecified atom stereocenters. The topological polar surface area (TPSA) is 115 Å². The molecule has 192 valence electrons. The van der Waals surface area contributed by atoms with E-state index in [1.165, 1.54) is 18.9 Å². The van der Waals surface area contributed by atoms with Crippen LogP contribution in [0.3, 0.4) is 0 Å². The fourth-order valence-corrected chi connectivity index (χ4v) is 4.99. The van der Waals surface area contributed by atoms with E-state index in [0.29, 0.717) is 43.4 Å². The van der Waals surface area contributed by atoms with Crippen LogP contribution >= 0.6 is 11.8 Å². The quantitative estimate of drug-likeness (QED) is 0.407. The van der Waals surface area contributed by atoms with Crippen molar-refractivity contribution in [1.29, 1.82) is 0 Å². The standard InChI is InChI=1S/C26H27N5O5S/c1-34-24-12-20(29-25(30-24)35-2)17-5-3-4-16(10-17)13-27-9-8-19-14-31(26(33)36-19)18-6-7-22-21(11-18)28-23(32)15-37-22/h3-7,10-12,19,27H,8-9,13-15H2,1-2H3,(H,28,32)/t19-/m1/s1. The van der Waals surface area contributed by atoms with E-state index < -0.39 is 0 Å². The van der Waals surface area contributed by atoms with Crippen molar-refractivity contribution in [1.82, 2.24) is 15.3 Å². The average molecular weight is 522 g/mol. The van der Waals surface area contributed by atoms with Gasteiger partial charge in [0.2, 0.25) is 11.8 Å². The van der Waals surface area contributed by atoms with E-state index in [1.54, 1.807) is 18.1 Å². The van der Waals surface area contributed by atoms with Gasteiger partial charge in [-0.1, -0.05) is 18.2 Å². The Morgan fingerprint density at radius 3 is 2.86 bits per heavy atom. The highest BCUT2D eigenvalue weighted by molar-refractivity contribution is 8.00. The Morgan fingerprint density at radius 2 is 2.03 bits per heavy atom. The normalized spacial score (nSPS) is 16.7. The van der Waals surface area contributed by atoms with Crippen molar-refractivity contribution >= 4 is 35.1 Å². The lowest BCUT2D eigenvalue weighted by molar-refractivity contribution is -0.113. The molecule has 2 aromatic carbocycles. The summed E-state index contributed by atoms with van der Waals surface area (Å²) in [4.78, 5) is 35.4. The highest BCUT2D eigenvalue weighted by Crippen LogP contribution is 2.35. The molecule has 1 aromatic heterocycles. The maximum absolute atomic E-state index is 12.5. The van der Waals surface area contributed by atoms with Gasteiger partial charge in [-0.25, -0.2) is 4.79 Å². The molecular formula is C26H27N5O5S. The first kappa shape index (κ1) is 24.8. The lowest BCUT2D eigenvalue weighted by Gasteiger charge is -2.20. The van der Waals surface area contributed by atoms with Crippen LogP contribution < -0.4 is 25.0 Å². The first-order valence-corrected chi connectivity index (χ1v) is 12.8. The summed E-state index contributed by atoms with van der Waals surface area (Å²) >= 11 is 1.49. The van der Waals surface area contributed by atoms with Gasteiger partial charge in [-0.2, -0.15) is 9.97 Å². The molecule has 3 aromatic rings. The molecule has 0 bridgehead atoms. The number of aromatic nitrogens is 2. The highest BCUT2D eigenvalue weighted by atomic mass is 32.2. The van der Waals surface area contributed by atoms with Gasteiger partial charge in [0, 0.05) is 28.8 Å². The van der Waals surface area contributed by atoms with E-state index in [2.05, 4.69) is 26.7 Å². The number of carbonyl (C=O) groups excluding carboxylic acids is 2. The Bertz CT molecular complexity index is 1300. The molecule has 0 aliphatic carbocycles. The molecule has 0 radical (unpaired) electrons. The fourth-order valence-electron chi connectivity index (χ4n) is 4.21. The van der Waals surface area contributed by atoms with Gasteiger partial charge in [-0.15, -0.1) is 11.8 Å². The summed E-state index contributed by atoms with van der Waals surface area (Å²) in [6.45, 7) is 1.80. The van der Waals surface area contributed by atoms with Crippen LogP contribution in [0.2, 0.25) is 0 Å². The van der Waals surface area contributed by atoms with Crippen molar-refractivity contribution < 1.29 is 23.8 Å². The molecule has 0 spiro atoms. The average Bonchev–Trinajstić information content (AvgIpc) is 3.30. The highest BCUT2D eigenvalue weighted by Gasteiger charge is 2.32. The smallest absolute Gasteiger partial charge is 0.414 e. The second kappa shape index (κ2) is 11.1. The van der Waals surface area contributed by atoms with Gasteiger partial charge in [0.25, 0.3) is 0 Å². The Labute approximate surface area is 218 Å². The molecule has 1 saturated heterocycles. The number of thioether (sulfide) groups is 1. The molecule has 3 heterocycles. The molecule has 37 heavy (non-hydrogen) atoms. The van der Waals surface area contributed by atoms with Gasteiger partial charge in [-0.05, 0) is 42.8 Å². The van der Waals surface area contributed by atoms with Crippen molar-refractivity contribution in [2.24, 2.45) is 0 Å². The van der Waals surface area contributed by atoms with E-state index in [-0.39, 0.29) is 24.1 Å². The SMILES string of the molecule is COc1cc(-c2cccc(CNCC[C@@H]3CN(c4ccc5c(c4)NC(=O)CS5)C(=O)O3)c2)nc(OC)n1. The number of anilines is 2. The van der Waals surface area contributed by atoms with E-state index in [0.717, 1.165) is 27.4 Å². The molecule has 2 N–H and O–H groups in total. The van der Waals surface area contributed by atoms with Crippen molar-refractivity contribution in [3.8, 4) is 23.1 Å². The largest absolute Gasteiger partial charge is 0.481 e. The van der Waals surface area contributed by atoms with Crippen LogP contribution in [0, 0.1) is 0 Å². The summed E-state index contributed by atoms with van der Waals surface area (Å²) < 4.78 is 16.0. The molecule has 1 fully saturated rings. The van der Waals surface area contributed by atoms with Crippen molar-refractivity contribution in [2.75, 3.05) is 43.3 Å². The molecule has 1 atom stereocenters. The number of hydrogen-bond donors (Lipinski definition) is 2. The number of fused-ring (bicyclic) bond motifs is 1. The zero-order valence-electron chi connectivity index (χ0n) is 20.5. The summed E-state index contributed by atoms with van der Waals surface area (Å²) in [6, 6.07) is 15.7. The lowest BCUT2D eigenvalue weighted by atomic mass is 10.1. The van der Waals surface area contributed by atoms with Gasteiger partial charge in [-0.3, -0.25) is 9.69 Å². The maximum atomic E-state index is 12.5. The van der Waals surface area contributed by atoms with Gasteiger partial charge in [0.15, 0.2) is 0 Å². The molecule has 5 rings (SSSR count). The Kier molecular flexibility index (Phi) is 7.42. The first-order chi connectivity index (χ1) is 18.0. The van der Waals surface area contributed by atoms with E-state index in [1.807, 2.05) is 36.4 Å². The Morgan fingerprint density at radius 1 is 1.14 bits per heavy atom. The van der Waals surface area contributed by atoms with Gasteiger partial charge >= 0.3 is 12.1 Å². The molecular weight excluding hydrogens is 494 g/mol. The fraction of sp³-hybridized carbons (Fsp3) is 0.308. The number of benzene rings is 2. The predicted molar refractivity (Wildman–Crippen MR) is 140 cm³/mol. The maximum Gasteiger partial charge on any atom is 0.414 e. The first-order valence-electron chi connectivity index (χ1n) is 11.8. The second-order valence-electron chi connectivity index (χ2n) is 8.58. The minimum Gasteiger partial charge on any atom is -0.481 e. The van der Waals surface area contributed by atoms with E-state index >= 15 is 0 Å². The number of cyclic esters (lactones) is 1. The third-order valence-corrected chi connectivity index (χ3v) is 7.12. The molecule has 2 aliphatic rings. The number of hydrogen-bond acceptors (Lipinski definition) is 9. The minimum atomic E-state index is -0.372. The van der Waals surface area contributed by atoms with Crippen LogP contribution in [-0.2, 0) is 16.1 Å². The van der Waals surface area contributed by atoms with Crippen LogP contribution in [0.5, 0.6) is 11.9 Å². The van der Waals surface area contributed by atoms with E-state index in [4.69, 9.17) is 14.2 Å². The monoisotopic (exact) mass is 521 g/mol. The lowest BCUT2D eigenvalue weighted by Crippen LogP contribution is -2.26. The van der Waals surface area contributed by atoms with Crippen LogP contribution in [0.4, 0.5) is 16.2 Å². The number of nitrogens with one attached hydrogen (secondary N) is 2. The summed E-state index contributed by atoms with van der Waals surface area (Å²) in [5.41, 5.74) is 4.18. The molecule has 2 aliphatic heterocycles. The van der Waals surface area contributed by atoms with Crippen molar-refractivity contribution in [3.63, 3.8) is 0 Å². The summed E-state index contributed by atoms with van der Waals surface area (Å²) in [7, 11) is 3.07. The molecule has 10 nitrogen and oxygen atoms in total. The number of amides is 2. The van der Waals surface area contributed by atoms with E-state index in [9.17, 15) is 9.59 Å². The summed E-state index contributed by atoms with van der Waals surface area (Å²) in [5, 5.41) is 6.29. The molecule has 0 saturated carbocycles. The van der Waals surface area contributed by atoms with Crippen molar-refractivity contribution in [3.05, 3.63) is 54.1 Å². The van der Waals surface area contributed by atoms with Crippen LogP contribution in [0.25, 0.3) is 11.3 Å². The molecule has 2 amide bonds. The number of nitrogens with zero attached hydrogens (tertiary/aromatic N) is 3. The zero-order chi connectivity index (χ0) is 25.8. The number of carbonyl (C=O) groups is 2. The summed E-state index contributed by atoms with van der Waals surface area (Å²) in [5.74, 6) is 0.802. The Balaban J connectivity index is 1.14. The third-order valence-electron chi connectivity index (χ3n) is 6.05. The third kappa shape index (κ3) is 5.78. The van der Waals surface area contributed by atoms with Gasteiger partial charge < -0.3 is 24.8 Å². The number of rotatable bonds is 9. The molecule has 11 heteroatoms. The predicted octanol–water partition coefficient (Wildman–Crippen LogP) is 3.71. The van der Waals surface area contributed by atoms with Crippen LogP contribution in [0.1, 0.15) is 12.0 Å². The summed E-state index contributed by atoms with van der Waals surface area (Å²) in [6.07, 6.45) is 0.0928. The van der Waals surface area contributed by atoms with Gasteiger partial charge in [0.1, 0.15) is 6.10 Å². The number of ether oxygens (including phenoxy) is 3. The van der Waals surface area contributed by atoms with Crippen molar-refractivity contribution in [2.45, 2.75) is 24.0 Å². The number of methoxy groups -OCH3 is 2. The van der Waals surface area contributed by atoms with Gasteiger partial charge in [0.05, 0.1) is 37.9 Å². The Hall–Kier alpha value is -3.83. The zero-order valence-corrected chi connectivity index (χ0v) is 21.3. The van der Waals surface area contributed by atoms with Crippen LogP contribution in [0.15, 0.2) is 53.4 Å². The van der Waals surface area contributed by atoms with Crippen LogP contribution in [-0.4, -0.2) is 61.1 Å². The second-order valence-corrected chi connectivity index (χ2v) is 9.60. The minimum absolute atomic E-state index is 0.0374.